The molecule has 0 heterocycles. The molecule has 1 fully saturated rings. The summed E-state index contributed by atoms with van der Waals surface area (Å²) in [7, 11) is 0. The zero-order valence-electron chi connectivity index (χ0n) is 23.8. The van der Waals surface area contributed by atoms with E-state index in [2.05, 4.69) is 5.32 Å². The number of ketones is 1. The molecule has 0 saturated heterocycles. The number of carboxylic acid groups (broad SMARTS) is 1. The smallest absolute Gasteiger partial charge is 0.326 e. The van der Waals surface area contributed by atoms with Gasteiger partial charge in [0.25, 0.3) is 5.69 Å². The Labute approximate surface area is 256 Å². The lowest BCUT2D eigenvalue weighted by molar-refractivity contribution is -0.384. The third-order valence-electron chi connectivity index (χ3n) is 7.13. The standard InChI is InChI=1S/C23H27N3O6.C8H9NO.ClH/c24-14-16-1-5-17(6-2-16)22(27)25-21(23(28)29)13-15-3-9-19(10-4-15)32-20-11-7-18(8-12-20)26(30)31;1-6(10)7-2-4-8(9)5-3-7;/h3-4,7-12,16-17,21H,1-2,5-6,13-14,24H2,(H,25,27)(H,28,29);2-5H,9H2,1H3;1H/t16-,17-,21-;;/m0../s1. The number of nitro groups is 1. The minimum absolute atomic E-state index is 0. The van der Waals surface area contributed by atoms with E-state index in [-0.39, 0.29) is 42.1 Å². The second-order valence-corrected chi connectivity index (χ2v) is 10.2. The molecule has 3 aromatic rings. The molecule has 4 rings (SSSR count). The van der Waals surface area contributed by atoms with Crippen LogP contribution in [0.4, 0.5) is 11.4 Å². The second kappa shape index (κ2) is 16.8. The number of non-ortho nitro benzene ring substituents is 1. The van der Waals surface area contributed by atoms with Crippen LogP contribution in [0, 0.1) is 22.0 Å². The van der Waals surface area contributed by atoms with Crippen LogP contribution < -0.4 is 21.5 Å². The number of benzene rings is 3. The Morgan fingerprint density at radius 2 is 1.49 bits per heavy atom. The molecule has 0 aromatic heterocycles. The zero-order valence-corrected chi connectivity index (χ0v) is 24.6. The number of amides is 1. The molecule has 0 unspecified atom stereocenters. The lowest BCUT2D eigenvalue weighted by atomic mass is 9.81. The van der Waals surface area contributed by atoms with E-state index in [4.69, 9.17) is 16.2 Å². The number of Topliss-reactive ketones (excluding diaryl/α,β-unsaturated/α-hetero) is 1. The zero-order chi connectivity index (χ0) is 30.6. The minimum Gasteiger partial charge on any atom is -0.480 e. The first kappa shape index (κ1) is 34.7. The number of aliphatic carboxylic acids is 1. The Bertz CT molecular complexity index is 1360. The van der Waals surface area contributed by atoms with Gasteiger partial charge in [0.2, 0.25) is 5.91 Å². The highest BCUT2D eigenvalue weighted by atomic mass is 35.5. The van der Waals surface area contributed by atoms with Crippen molar-refractivity contribution in [2.45, 2.75) is 45.1 Å². The van der Waals surface area contributed by atoms with Crippen molar-refractivity contribution in [3.8, 4) is 11.5 Å². The van der Waals surface area contributed by atoms with E-state index in [9.17, 15) is 29.6 Å². The van der Waals surface area contributed by atoms with Gasteiger partial charge < -0.3 is 26.6 Å². The van der Waals surface area contributed by atoms with Crippen LogP contribution in [0.2, 0.25) is 0 Å². The summed E-state index contributed by atoms with van der Waals surface area (Å²) >= 11 is 0. The number of carboxylic acids is 1. The number of ether oxygens (including phenoxy) is 1. The Kier molecular flexibility index (Phi) is 13.6. The van der Waals surface area contributed by atoms with Gasteiger partial charge >= 0.3 is 5.97 Å². The molecule has 1 atom stereocenters. The number of hydrogen-bond acceptors (Lipinski definition) is 8. The molecular weight excluding hydrogens is 576 g/mol. The molecule has 0 radical (unpaired) electrons. The number of hydrogen-bond donors (Lipinski definition) is 4. The average Bonchev–Trinajstić information content (AvgIpc) is 2.98. The highest BCUT2D eigenvalue weighted by molar-refractivity contribution is 5.94. The Balaban J connectivity index is 0.000000498. The van der Waals surface area contributed by atoms with Crippen LogP contribution in [0.3, 0.4) is 0 Å². The van der Waals surface area contributed by atoms with E-state index in [1.54, 1.807) is 48.5 Å². The maximum atomic E-state index is 12.6. The number of nitrogens with two attached hydrogens (primary N) is 2. The first-order valence-corrected chi connectivity index (χ1v) is 13.7. The van der Waals surface area contributed by atoms with E-state index in [1.165, 1.54) is 31.2 Å². The van der Waals surface area contributed by atoms with Gasteiger partial charge in [-0.15, -0.1) is 12.4 Å². The molecule has 6 N–H and O–H groups in total. The average molecular weight is 613 g/mol. The summed E-state index contributed by atoms with van der Waals surface area (Å²) in [5, 5.41) is 23.0. The molecule has 230 valence electrons. The van der Waals surface area contributed by atoms with Gasteiger partial charge in [0, 0.05) is 35.7 Å². The first-order valence-electron chi connectivity index (χ1n) is 13.7. The Morgan fingerprint density at radius 1 is 0.953 bits per heavy atom. The Hall–Kier alpha value is -4.48. The number of anilines is 1. The van der Waals surface area contributed by atoms with E-state index >= 15 is 0 Å². The maximum Gasteiger partial charge on any atom is 0.326 e. The number of carbonyl (C=O) groups excluding carboxylic acids is 2. The molecule has 0 bridgehead atoms. The fraction of sp³-hybridized carbons (Fsp3) is 0.323. The van der Waals surface area contributed by atoms with Crippen LogP contribution in [-0.2, 0) is 16.0 Å². The van der Waals surface area contributed by atoms with E-state index in [0.717, 1.165) is 31.2 Å². The molecule has 1 saturated carbocycles. The van der Waals surface area contributed by atoms with Crippen molar-refractivity contribution in [2.75, 3.05) is 12.3 Å². The monoisotopic (exact) mass is 612 g/mol. The van der Waals surface area contributed by atoms with Gasteiger partial charge in [0.1, 0.15) is 17.5 Å². The molecule has 12 heteroatoms. The molecular formula is C31H37ClN4O7. The number of nitrogens with zero attached hydrogens (tertiary/aromatic N) is 1. The fourth-order valence-electron chi connectivity index (χ4n) is 4.57. The van der Waals surface area contributed by atoms with Gasteiger partial charge in [-0.3, -0.25) is 19.7 Å². The number of rotatable bonds is 10. The first-order chi connectivity index (χ1) is 20.0. The molecule has 3 aromatic carbocycles. The molecule has 0 spiro atoms. The predicted molar refractivity (Wildman–Crippen MR) is 165 cm³/mol. The topological polar surface area (TPSA) is 188 Å². The molecule has 1 aliphatic carbocycles. The van der Waals surface area contributed by atoms with Crippen LogP contribution in [0.25, 0.3) is 0 Å². The van der Waals surface area contributed by atoms with Gasteiger partial charge in [0.05, 0.1) is 4.92 Å². The van der Waals surface area contributed by atoms with E-state index < -0.39 is 16.9 Å². The van der Waals surface area contributed by atoms with Crippen LogP contribution in [0.1, 0.15) is 48.5 Å². The van der Waals surface area contributed by atoms with Gasteiger partial charge in [-0.25, -0.2) is 4.79 Å². The quantitative estimate of drug-likeness (QED) is 0.104. The van der Waals surface area contributed by atoms with Crippen LogP contribution in [0.15, 0.2) is 72.8 Å². The summed E-state index contributed by atoms with van der Waals surface area (Å²) in [6, 6.07) is 18.4. The van der Waals surface area contributed by atoms with E-state index in [1.807, 2.05) is 0 Å². The second-order valence-electron chi connectivity index (χ2n) is 10.2. The number of halogens is 1. The van der Waals surface area contributed by atoms with Crippen molar-refractivity contribution in [2.24, 2.45) is 17.6 Å². The van der Waals surface area contributed by atoms with Crippen LogP contribution in [-0.4, -0.2) is 40.3 Å². The number of nitrogens with one attached hydrogen (secondary N) is 1. The van der Waals surface area contributed by atoms with Gasteiger partial charge in [-0.2, -0.15) is 0 Å². The number of carbonyl (C=O) groups is 3. The summed E-state index contributed by atoms with van der Waals surface area (Å²) in [5.74, 6) is 0.00272. The van der Waals surface area contributed by atoms with Gasteiger partial charge in [-0.1, -0.05) is 12.1 Å². The van der Waals surface area contributed by atoms with Crippen molar-refractivity contribution in [3.05, 3.63) is 94.0 Å². The molecule has 11 nitrogen and oxygen atoms in total. The van der Waals surface area contributed by atoms with Crippen LogP contribution >= 0.6 is 12.4 Å². The molecule has 1 aliphatic rings. The van der Waals surface area contributed by atoms with Gasteiger partial charge in [-0.05, 0) is 99.2 Å². The number of nitrogen functional groups attached to an aromatic ring is 1. The van der Waals surface area contributed by atoms with Crippen LogP contribution in [0.5, 0.6) is 11.5 Å². The number of nitro benzene ring substituents is 1. The van der Waals surface area contributed by atoms with Crippen molar-refractivity contribution in [3.63, 3.8) is 0 Å². The summed E-state index contributed by atoms with van der Waals surface area (Å²) in [6.07, 6.45) is 3.39. The van der Waals surface area contributed by atoms with Crippen molar-refractivity contribution in [1.29, 1.82) is 0 Å². The lowest BCUT2D eigenvalue weighted by Crippen LogP contribution is -2.45. The molecule has 43 heavy (non-hydrogen) atoms. The fourth-order valence-corrected chi connectivity index (χ4v) is 4.57. The summed E-state index contributed by atoms with van der Waals surface area (Å²) in [5.41, 5.74) is 13.2. The largest absolute Gasteiger partial charge is 0.480 e. The van der Waals surface area contributed by atoms with Crippen molar-refractivity contribution in [1.82, 2.24) is 5.32 Å². The Morgan fingerprint density at radius 3 is 1.95 bits per heavy atom. The summed E-state index contributed by atoms with van der Waals surface area (Å²) in [4.78, 5) is 45.2. The molecule has 1 amide bonds. The van der Waals surface area contributed by atoms with Crippen molar-refractivity contribution < 1.29 is 29.2 Å². The third-order valence-corrected chi connectivity index (χ3v) is 7.13. The van der Waals surface area contributed by atoms with Crippen molar-refractivity contribution >= 4 is 41.4 Å². The third kappa shape index (κ3) is 11.0. The summed E-state index contributed by atoms with van der Waals surface area (Å²) < 4.78 is 5.66. The highest BCUT2D eigenvalue weighted by Crippen LogP contribution is 2.28. The molecule has 0 aliphatic heterocycles. The highest BCUT2D eigenvalue weighted by Gasteiger charge is 2.29. The summed E-state index contributed by atoms with van der Waals surface area (Å²) in [6.45, 7) is 2.15. The predicted octanol–water partition coefficient (Wildman–Crippen LogP) is 5.16. The SMILES string of the molecule is CC(=O)c1ccc(N)cc1.Cl.NC[C@H]1CC[C@H](C(=O)N[C@@H](Cc2ccc(Oc3ccc([N+](=O)[O-])cc3)cc2)C(=O)O)CC1. The van der Waals surface area contributed by atoms with Gasteiger partial charge in [0.15, 0.2) is 5.78 Å². The normalized spacial score (nSPS) is 16.3. The van der Waals surface area contributed by atoms with E-state index in [0.29, 0.717) is 35.2 Å². The minimum atomic E-state index is -1.08. The maximum absolute atomic E-state index is 12.6. The lowest BCUT2D eigenvalue weighted by Gasteiger charge is -2.27.